The van der Waals surface area contributed by atoms with E-state index in [1.165, 1.54) is 51.4 Å². The van der Waals surface area contributed by atoms with Gasteiger partial charge in [0.15, 0.2) is 6.26 Å². The molecule has 1 aromatic rings. The highest BCUT2D eigenvalue weighted by atomic mass is 16.5. The van der Waals surface area contributed by atoms with E-state index in [0.29, 0.717) is 6.61 Å². The number of hydrogen-bond acceptors (Lipinski definition) is 3. The Hall–Kier alpha value is -1.25. The molecule has 0 spiro atoms. The van der Waals surface area contributed by atoms with E-state index in [4.69, 9.17) is 9.15 Å². The lowest BCUT2D eigenvalue weighted by Crippen LogP contribution is -2.05. The number of rotatable bonds is 12. The van der Waals surface area contributed by atoms with E-state index in [2.05, 4.69) is 13.2 Å². The Bertz CT molecular complexity index is 330. The first-order chi connectivity index (χ1) is 9.84. The third-order valence-corrected chi connectivity index (χ3v) is 3.40. The standard InChI is InChI=1S/C17H27O3/c1-2-3-4-5-6-7-8-9-10-11-14-20-17(18)16-13-12-15-19-16/h12-13H,2-11,14H2,1H3. The van der Waals surface area contributed by atoms with Crippen molar-refractivity contribution in [3.05, 3.63) is 24.2 Å². The number of esters is 1. The summed E-state index contributed by atoms with van der Waals surface area (Å²) < 4.78 is 9.95. The van der Waals surface area contributed by atoms with Gasteiger partial charge in [-0.15, -0.1) is 0 Å². The van der Waals surface area contributed by atoms with E-state index in [0.717, 1.165) is 12.8 Å². The van der Waals surface area contributed by atoms with Gasteiger partial charge in [-0.1, -0.05) is 64.7 Å². The fourth-order valence-corrected chi connectivity index (χ4v) is 2.18. The molecule has 0 bridgehead atoms. The van der Waals surface area contributed by atoms with Crippen molar-refractivity contribution in [1.82, 2.24) is 0 Å². The molecule has 0 saturated carbocycles. The van der Waals surface area contributed by atoms with E-state index >= 15 is 0 Å². The normalized spacial score (nSPS) is 10.7. The van der Waals surface area contributed by atoms with Crippen LogP contribution in [0.3, 0.4) is 0 Å². The van der Waals surface area contributed by atoms with E-state index in [9.17, 15) is 4.79 Å². The zero-order valence-corrected chi connectivity index (χ0v) is 12.7. The monoisotopic (exact) mass is 279 g/mol. The van der Waals surface area contributed by atoms with Crippen molar-refractivity contribution in [2.24, 2.45) is 0 Å². The molecule has 1 heterocycles. The van der Waals surface area contributed by atoms with Crippen LogP contribution >= 0.6 is 0 Å². The molecule has 0 aliphatic rings. The summed E-state index contributed by atoms with van der Waals surface area (Å²) in [7, 11) is 0. The zero-order valence-electron chi connectivity index (χ0n) is 12.7. The largest absolute Gasteiger partial charge is 0.460 e. The van der Waals surface area contributed by atoms with Gasteiger partial charge in [-0.05, 0) is 18.6 Å². The van der Waals surface area contributed by atoms with Crippen LogP contribution in [0.5, 0.6) is 0 Å². The van der Waals surface area contributed by atoms with Crippen molar-refractivity contribution in [1.29, 1.82) is 0 Å². The first-order valence-electron chi connectivity index (χ1n) is 7.97. The molecule has 0 unspecified atom stereocenters. The van der Waals surface area contributed by atoms with Gasteiger partial charge in [-0.3, -0.25) is 0 Å². The van der Waals surface area contributed by atoms with Crippen molar-refractivity contribution in [3.8, 4) is 0 Å². The molecule has 0 saturated heterocycles. The lowest BCUT2D eigenvalue weighted by atomic mass is 10.1. The summed E-state index contributed by atoms with van der Waals surface area (Å²) in [6.07, 6.45) is 15.2. The van der Waals surface area contributed by atoms with Crippen LogP contribution < -0.4 is 0 Å². The van der Waals surface area contributed by atoms with Crippen LogP contribution in [-0.2, 0) is 4.74 Å². The van der Waals surface area contributed by atoms with Crippen molar-refractivity contribution in [2.45, 2.75) is 71.1 Å². The Morgan fingerprint density at radius 1 is 1.05 bits per heavy atom. The van der Waals surface area contributed by atoms with Crippen LogP contribution in [0.25, 0.3) is 0 Å². The molecule has 0 atom stereocenters. The predicted molar refractivity (Wildman–Crippen MR) is 79.7 cm³/mol. The maximum atomic E-state index is 11.4. The summed E-state index contributed by atoms with van der Waals surface area (Å²) in [4.78, 5) is 11.4. The fraction of sp³-hybridized carbons (Fsp3) is 0.706. The Morgan fingerprint density at radius 3 is 2.20 bits per heavy atom. The molecule has 20 heavy (non-hydrogen) atoms. The molecule has 0 amide bonds. The van der Waals surface area contributed by atoms with Gasteiger partial charge in [0.05, 0.1) is 6.61 Å². The van der Waals surface area contributed by atoms with Crippen LogP contribution in [0.1, 0.15) is 81.7 Å². The third-order valence-electron chi connectivity index (χ3n) is 3.40. The number of hydrogen-bond donors (Lipinski definition) is 0. The van der Waals surface area contributed by atoms with Crippen LogP contribution in [0.4, 0.5) is 0 Å². The molecule has 113 valence electrons. The molecular weight excluding hydrogens is 252 g/mol. The summed E-state index contributed by atoms with van der Waals surface area (Å²) in [5.41, 5.74) is 0. The Morgan fingerprint density at radius 2 is 1.65 bits per heavy atom. The number of ether oxygens (including phenoxy) is 1. The highest BCUT2D eigenvalue weighted by Gasteiger charge is 2.09. The lowest BCUT2D eigenvalue weighted by molar-refractivity contribution is 0.0461. The lowest BCUT2D eigenvalue weighted by Gasteiger charge is -2.03. The molecular formula is C17H27O3. The second-order valence-corrected chi connectivity index (χ2v) is 5.24. The van der Waals surface area contributed by atoms with Gasteiger partial charge >= 0.3 is 5.97 Å². The average Bonchev–Trinajstić information content (AvgIpc) is 2.99. The second-order valence-electron chi connectivity index (χ2n) is 5.24. The SMILES string of the molecule is CCCCCCCCCCCCOC(=O)c1cc[c]o1. The van der Waals surface area contributed by atoms with Gasteiger partial charge in [-0.25, -0.2) is 4.79 Å². The minimum absolute atomic E-state index is 0.233. The molecule has 3 heteroatoms. The summed E-state index contributed by atoms with van der Waals surface area (Å²) in [6, 6.07) is 3.14. The predicted octanol–water partition coefficient (Wildman–Crippen LogP) is 5.16. The fourth-order valence-electron chi connectivity index (χ4n) is 2.18. The number of unbranched alkanes of at least 4 members (excludes halogenated alkanes) is 9. The quantitative estimate of drug-likeness (QED) is 0.392. The molecule has 1 aromatic heterocycles. The minimum Gasteiger partial charge on any atom is -0.460 e. The van der Waals surface area contributed by atoms with Gasteiger partial charge in [0, 0.05) is 0 Å². The first kappa shape index (κ1) is 16.8. The molecule has 0 N–H and O–H groups in total. The maximum absolute atomic E-state index is 11.4. The summed E-state index contributed by atoms with van der Waals surface area (Å²) in [5, 5.41) is 0. The van der Waals surface area contributed by atoms with Gasteiger partial charge < -0.3 is 9.15 Å². The van der Waals surface area contributed by atoms with Crippen LogP contribution in [-0.4, -0.2) is 12.6 Å². The summed E-state index contributed by atoms with van der Waals surface area (Å²) >= 11 is 0. The molecule has 1 rings (SSSR count). The molecule has 3 nitrogen and oxygen atoms in total. The smallest absolute Gasteiger partial charge is 0.374 e. The molecule has 0 aromatic carbocycles. The first-order valence-corrected chi connectivity index (χ1v) is 7.97. The van der Waals surface area contributed by atoms with Gasteiger partial charge in [0.2, 0.25) is 5.76 Å². The average molecular weight is 279 g/mol. The van der Waals surface area contributed by atoms with Crippen LogP contribution in [0.15, 0.2) is 16.5 Å². The molecule has 0 fully saturated rings. The minimum atomic E-state index is -0.387. The Balaban J connectivity index is 1.82. The second kappa shape index (κ2) is 11.6. The van der Waals surface area contributed by atoms with Gasteiger partial charge in [0.1, 0.15) is 0 Å². The molecule has 1 radical (unpaired) electrons. The summed E-state index contributed by atoms with van der Waals surface area (Å²) in [6.45, 7) is 2.73. The highest BCUT2D eigenvalue weighted by Crippen LogP contribution is 2.10. The van der Waals surface area contributed by atoms with Crippen LogP contribution in [0, 0.1) is 6.26 Å². The van der Waals surface area contributed by atoms with Gasteiger partial charge in [-0.2, -0.15) is 0 Å². The van der Waals surface area contributed by atoms with Crippen molar-refractivity contribution in [2.75, 3.05) is 6.61 Å². The van der Waals surface area contributed by atoms with Gasteiger partial charge in [0.25, 0.3) is 0 Å². The van der Waals surface area contributed by atoms with E-state index in [-0.39, 0.29) is 11.7 Å². The third kappa shape index (κ3) is 8.03. The zero-order chi connectivity index (χ0) is 14.5. The Kier molecular flexibility index (Phi) is 9.72. The topological polar surface area (TPSA) is 39.4 Å². The van der Waals surface area contributed by atoms with E-state index < -0.39 is 0 Å². The number of carbonyl (C=O) groups is 1. The van der Waals surface area contributed by atoms with E-state index in [1.807, 2.05) is 0 Å². The molecule has 0 aliphatic heterocycles. The van der Waals surface area contributed by atoms with E-state index in [1.54, 1.807) is 12.1 Å². The van der Waals surface area contributed by atoms with Crippen molar-refractivity contribution >= 4 is 5.97 Å². The number of carbonyl (C=O) groups excluding carboxylic acids is 1. The highest BCUT2D eigenvalue weighted by molar-refractivity contribution is 5.86. The van der Waals surface area contributed by atoms with Crippen LogP contribution in [0.2, 0.25) is 0 Å². The number of furan rings is 1. The molecule has 0 aliphatic carbocycles. The van der Waals surface area contributed by atoms with Crippen molar-refractivity contribution < 1.29 is 13.9 Å². The van der Waals surface area contributed by atoms with Crippen molar-refractivity contribution in [3.63, 3.8) is 0 Å². The summed E-state index contributed by atoms with van der Waals surface area (Å²) in [5.74, 6) is -0.153. The Labute approximate surface area is 122 Å². The maximum Gasteiger partial charge on any atom is 0.374 e.